The van der Waals surface area contributed by atoms with Crippen LogP contribution in [0, 0.1) is 0 Å². The molecule has 1 aliphatic carbocycles. The lowest BCUT2D eigenvalue weighted by atomic mass is 9.94. The highest BCUT2D eigenvalue weighted by Gasteiger charge is 2.26. The first-order valence-corrected chi connectivity index (χ1v) is 9.36. The monoisotopic (exact) mass is 363 g/mol. The third-order valence-electron chi connectivity index (χ3n) is 4.62. The van der Waals surface area contributed by atoms with E-state index in [-0.39, 0.29) is 30.9 Å². The van der Waals surface area contributed by atoms with Crippen LogP contribution in [-0.2, 0) is 14.3 Å². The molecule has 2 rings (SSSR count). The van der Waals surface area contributed by atoms with Crippen LogP contribution in [0.2, 0.25) is 0 Å². The number of para-hydroxylation sites is 2. The van der Waals surface area contributed by atoms with Crippen molar-refractivity contribution in [3.05, 3.63) is 24.3 Å². The molecule has 0 N–H and O–H groups in total. The van der Waals surface area contributed by atoms with E-state index in [4.69, 9.17) is 14.2 Å². The molecule has 0 unspecified atom stereocenters. The molecule has 0 spiro atoms. The van der Waals surface area contributed by atoms with Crippen molar-refractivity contribution in [2.45, 2.75) is 51.5 Å². The number of carbonyl (C=O) groups excluding carboxylic acids is 2. The molecule has 0 atom stereocenters. The third-order valence-corrected chi connectivity index (χ3v) is 4.62. The Morgan fingerprint density at radius 1 is 1.12 bits per heavy atom. The minimum absolute atomic E-state index is 0.0697. The van der Waals surface area contributed by atoms with Crippen molar-refractivity contribution in [1.82, 2.24) is 4.90 Å². The zero-order valence-electron chi connectivity index (χ0n) is 15.7. The second kappa shape index (κ2) is 10.7. The first-order chi connectivity index (χ1) is 12.7. The highest BCUT2D eigenvalue weighted by molar-refractivity contribution is 5.79. The molecule has 1 saturated carbocycles. The molecule has 1 amide bonds. The Labute approximate surface area is 155 Å². The van der Waals surface area contributed by atoms with Gasteiger partial charge in [-0.05, 0) is 31.9 Å². The Morgan fingerprint density at radius 3 is 2.46 bits per heavy atom. The van der Waals surface area contributed by atoms with Crippen LogP contribution in [-0.4, -0.2) is 49.7 Å². The van der Waals surface area contributed by atoms with Gasteiger partial charge >= 0.3 is 5.97 Å². The van der Waals surface area contributed by atoms with Crippen molar-refractivity contribution in [1.29, 1.82) is 0 Å². The Hall–Kier alpha value is -2.24. The van der Waals surface area contributed by atoms with Crippen LogP contribution >= 0.6 is 0 Å². The molecule has 6 nitrogen and oxygen atoms in total. The van der Waals surface area contributed by atoms with Crippen molar-refractivity contribution in [2.24, 2.45) is 0 Å². The number of carbonyl (C=O) groups is 2. The molecule has 0 saturated heterocycles. The quantitative estimate of drug-likeness (QED) is 0.631. The average Bonchev–Trinajstić information content (AvgIpc) is 2.67. The molecule has 1 fully saturated rings. The molecule has 144 valence electrons. The van der Waals surface area contributed by atoms with Crippen LogP contribution in [0.3, 0.4) is 0 Å². The number of rotatable bonds is 9. The third kappa shape index (κ3) is 5.93. The molecular weight excluding hydrogens is 334 g/mol. The van der Waals surface area contributed by atoms with E-state index >= 15 is 0 Å². The fourth-order valence-electron chi connectivity index (χ4n) is 3.31. The number of hydrogen-bond donors (Lipinski definition) is 0. The number of ether oxygens (including phenoxy) is 3. The van der Waals surface area contributed by atoms with Gasteiger partial charge in [-0.2, -0.15) is 0 Å². The number of nitrogens with zero attached hydrogens (tertiary/aromatic N) is 1. The van der Waals surface area contributed by atoms with Gasteiger partial charge in [0, 0.05) is 12.6 Å². The normalized spacial score (nSPS) is 14.5. The van der Waals surface area contributed by atoms with E-state index in [2.05, 4.69) is 0 Å². The summed E-state index contributed by atoms with van der Waals surface area (Å²) in [6.45, 7) is 2.44. The first kappa shape index (κ1) is 20.1. The molecule has 26 heavy (non-hydrogen) atoms. The Bertz CT molecular complexity index is 583. The largest absolute Gasteiger partial charge is 0.493 e. The summed E-state index contributed by atoms with van der Waals surface area (Å²) < 4.78 is 15.9. The van der Waals surface area contributed by atoms with Gasteiger partial charge in [-0.1, -0.05) is 31.4 Å². The summed E-state index contributed by atoms with van der Waals surface area (Å²) >= 11 is 0. The van der Waals surface area contributed by atoms with Crippen molar-refractivity contribution >= 4 is 11.9 Å². The summed E-state index contributed by atoms with van der Waals surface area (Å²) in [5.41, 5.74) is 0. The predicted molar refractivity (Wildman–Crippen MR) is 98.3 cm³/mol. The molecule has 1 aromatic rings. The first-order valence-electron chi connectivity index (χ1n) is 9.36. The predicted octanol–water partition coefficient (Wildman–Crippen LogP) is 3.19. The Morgan fingerprint density at radius 2 is 1.81 bits per heavy atom. The zero-order valence-corrected chi connectivity index (χ0v) is 15.7. The Kier molecular flexibility index (Phi) is 8.25. The van der Waals surface area contributed by atoms with Crippen molar-refractivity contribution in [3.63, 3.8) is 0 Å². The van der Waals surface area contributed by atoms with E-state index < -0.39 is 0 Å². The van der Waals surface area contributed by atoms with E-state index in [1.54, 1.807) is 31.1 Å². The maximum atomic E-state index is 12.8. The number of esters is 1. The maximum Gasteiger partial charge on any atom is 0.307 e. The van der Waals surface area contributed by atoms with Gasteiger partial charge in [-0.15, -0.1) is 0 Å². The summed E-state index contributed by atoms with van der Waals surface area (Å²) in [5.74, 6) is 0.757. The van der Waals surface area contributed by atoms with Gasteiger partial charge in [0.15, 0.2) is 18.1 Å². The minimum Gasteiger partial charge on any atom is -0.493 e. The standard InChI is InChI=1S/C20H29NO5/c1-3-25-20(23)13-14-21(16-9-5-4-6-10-16)19(22)15-26-18-12-8-7-11-17(18)24-2/h7-8,11-12,16H,3-6,9-10,13-15H2,1-2H3. The van der Waals surface area contributed by atoms with Gasteiger partial charge in [0.05, 0.1) is 20.1 Å². The molecule has 0 radical (unpaired) electrons. The van der Waals surface area contributed by atoms with Crippen molar-refractivity contribution in [2.75, 3.05) is 26.9 Å². The van der Waals surface area contributed by atoms with E-state index in [9.17, 15) is 9.59 Å². The van der Waals surface area contributed by atoms with Crippen molar-refractivity contribution < 1.29 is 23.8 Å². The molecule has 0 aromatic heterocycles. The van der Waals surface area contributed by atoms with Crippen LogP contribution in [0.5, 0.6) is 11.5 Å². The number of amides is 1. The number of hydrogen-bond acceptors (Lipinski definition) is 5. The fraction of sp³-hybridized carbons (Fsp3) is 0.600. The topological polar surface area (TPSA) is 65.1 Å². The van der Waals surface area contributed by atoms with Gasteiger partial charge in [0.1, 0.15) is 0 Å². The van der Waals surface area contributed by atoms with E-state index in [1.807, 2.05) is 12.1 Å². The van der Waals surface area contributed by atoms with Gasteiger partial charge < -0.3 is 19.1 Å². The summed E-state index contributed by atoms with van der Waals surface area (Å²) in [6, 6.07) is 7.42. The van der Waals surface area contributed by atoms with Crippen molar-refractivity contribution in [3.8, 4) is 11.5 Å². The zero-order chi connectivity index (χ0) is 18.8. The lowest BCUT2D eigenvalue weighted by molar-refractivity contribution is -0.145. The van der Waals surface area contributed by atoms with Gasteiger partial charge in [0.2, 0.25) is 0 Å². The number of benzene rings is 1. The summed E-state index contributed by atoms with van der Waals surface area (Å²) in [5, 5.41) is 0. The van der Waals surface area contributed by atoms with Gasteiger partial charge in [0.25, 0.3) is 5.91 Å². The molecule has 1 aliphatic rings. The van der Waals surface area contributed by atoms with E-state index in [0.29, 0.717) is 24.7 Å². The van der Waals surface area contributed by atoms with Crippen LogP contribution in [0.4, 0.5) is 0 Å². The molecular formula is C20H29NO5. The molecule has 0 heterocycles. The van der Waals surface area contributed by atoms with E-state index in [1.165, 1.54) is 6.42 Å². The minimum atomic E-state index is -0.272. The van der Waals surface area contributed by atoms with Crippen LogP contribution < -0.4 is 9.47 Å². The highest BCUT2D eigenvalue weighted by atomic mass is 16.5. The number of methoxy groups -OCH3 is 1. The summed E-state index contributed by atoms with van der Waals surface area (Å²) in [7, 11) is 1.57. The summed E-state index contributed by atoms with van der Waals surface area (Å²) in [6.07, 6.45) is 5.59. The fourth-order valence-corrected chi connectivity index (χ4v) is 3.31. The van der Waals surface area contributed by atoms with Crippen LogP contribution in [0.1, 0.15) is 45.4 Å². The SMILES string of the molecule is CCOC(=O)CCN(C(=O)COc1ccccc1OC)C1CCCCC1. The lowest BCUT2D eigenvalue weighted by Crippen LogP contribution is -2.45. The average molecular weight is 363 g/mol. The molecule has 0 aliphatic heterocycles. The van der Waals surface area contributed by atoms with E-state index in [0.717, 1.165) is 25.7 Å². The highest BCUT2D eigenvalue weighted by Crippen LogP contribution is 2.27. The van der Waals surface area contributed by atoms with Gasteiger partial charge in [-0.3, -0.25) is 9.59 Å². The smallest absolute Gasteiger partial charge is 0.307 e. The lowest BCUT2D eigenvalue weighted by Gasteiger charge is -2.34. The second-order valence-electron chi connectivity index (χ2n) is 6.37. The Balaban J connectivity index is 1.98. The van der Waals surface area contributed by atoms with Crippen LogP contribution in [0.15, 0.2) is 24.3 Å². The summed E-state index contributed by atoms with van der Waals surface area (Å²) in [4.78, 5) is 26.3. The maximum absolute atomic E-state index is 12.8. The molecule has 0 bridgehead atoms. The molecule has 1 aromatic carbocycles. The van der Waals surface area contributed by atoms with Crippen LogP contribution in [0.25, 0.3) is 0 Å². The van der Waals surface area contributed by atoms with Gasteiger partial charge in [-0.25, -0.2) is 0 Å². The molecule has 6 heteroatoms. The second-order valence-corrected chi connectivity index (χ2v) is 6.37.